The van der Waals surface area contributed by atoms with E-state index in [4.69, 9.17) is 26.5 Å². The van der Waals surface area contributed by atoms with Gasteiger partial charge in [0, 0.05) is 10.4 Å². The van der Waals surface area contributed by atoms with E-state index in [-0.39, 0.29) is 11.5 Å². The SMILES string of the molecule is CC(Oc1c(-c2ccccc2Cl)oc2ccccc2c1=O)C(=O)Nc1sc2c(c1C(N)=O)CCCC2. The van der Waals surface area contributed by atoms with Crippen LogP contribution in [0.15, 0.2) is 57.7 Å². The highest BCUT2D eigenvalue weighted by molar-refractivity contribution is 7.17. The van der Waals surface area contributed by atoms with Crippen LogP contribution in [0, 0.1) is 0 Å². The zero-order chi connectivity index (χ0) is 25.4. The molecule has 36 heavy (non-hydrogen) atoms. The highest BCUT2D eigenvalue weighted by atomic mass is 35.5. The summed E-state index contributed by atoms with van der Waals surface area (Å²) in [6.07, 6.45) is 2.52. The van der Waals surface area contributed by atoms with Crippen molar-refractivity contribution in [3.63, 3.8) is 0 Å². The monoisotopic (exact) mass is 522 g/mol. The van der Waals surface area contributed by atoms with Gasteiger partial charge in [-0.25, -0.2) is 0 Å². The molecule has 4 aromatic rings. The van der Waals surface area contributed by atoms with Crippen LogP contribution in [0.5, 0.6) is 5.75 Å². The molecule has 1 aliphatic rings. The normalized spacial score (nSPS) is 13.7. The van der Waals surface area contributed by atoms with Gasteiger partial charge < -0.3 is 20.2 Å². The van der Waals surface area contributed by atoms with E-state index >= 15 is 0 Å². The average Bonchev–Trinajstić information content (AvgIpc) is 3.24. The fourth-order valence-electron chi connectivity index (χ4n) is 4.41. The number of halogens is 1. The Kier molecular flexibility index (Phi) is 6.55. The van der Waals surface area contributed by atoms with Crippen LogP contribution in [0.3, 0.4) is 0 Å². The van der Waals surface area contributed by atoms with Crippen molar-refractivity contribution in [2.45, 2.75) is 38.7 Å². The number of ether oxygens (including phenoxy) is 1. The van der Waals surface area contributed by atoms with Crippen molar-refractivity contribution in [3.8, 4) is 17.1 Å². The molecule has 0 saturated carbocycles. The third-order valence-electron chi connectivity index (χ3n) is 6.19. The predicted molar refractivity (Wildman–Crippen MR) is 141 cm³/mol. The molecule has 1 unspecified atom stereocenters. The lowest BCUT2D eigenvalue weighted by Gasteiger charge is -2.17. The number of anilines is 1. The summed E-state index contributed by atoms with van der Waals surface area (Å²) in [6, 6.07) is 13.7. The summed E-state index contributed by atoms with van der Waals surface area (Å²) in [5.41, 5.74) is 7.34. The number of hydrogen-bond donors (Lipinski definition) is 2. The maximum atomic E-state index is 13.4. The molecule has 2 aromatic carbocycles. The predicted octanol–water partition coefficient (Wildman–Crippen LogP) is 5.56. The van der Waals surface area contributed by atoms with Gasteiger partial charge in [-0.3, -0.25) is 14.4 Å². The summed E-state index contributed by atoms with van der Waals surface area (Å²) in [7, 11) is 0. The minimum atomic E-state index is -1.09. The molecule has 0 radical (unpaired) electrons. The van der Waals surface area contributed by atoms with E-state index in [2.05, 4.69) is 5.32 Å². The summed E-state index contributed by atoms with van der Waals surface area (Å²) < 4.78 is 12.0. The van der Waals surface area contributed by atoms with Crippen molar-refractivity contribution in [1.82, 2.24) is 0 Å². The van der Waals surface area contributed by atoms with E-state index in [1.807, 2.05) is 0 Å². The van der Waals surface area contributed by atoms with Crippen LogP contribution < -0.4 is 21.2 Å². The molecule has 0 saturated heterocycles. The van der Waals surface area contributed by atoms with Gasteiger partial charge in [-0.15, -0.1) is 11.3 Å². The Hall–Kier alpha value is -3.62. The molecule has 2 amide bonds. The molecule has 1 atom stereocenters. The number of rotatable bonds is 6. The number of primary amides is 1. The lowest BCUT2D eigenvalue weighted by Crippen LogP contribution is -2.32. The van der Waals surface area contributed by atoms with E-state index < -0.39 is 23.3 Å². The number of aryl methyl sites for hydroxylation is 1. The largest absolute Gasteiger partial charge is 0.473 e. The van der Waals surface area contributed by atoms with Gasteiger partial charge in [-0.2, -0.15) is 0 Å². The standard InChI is InChI=1S/C27H23ClN2O5S/c1-14(26(33)30-27-21(25(29)32)17-10-4-7-13-20(17)36-27)34-24-22(31)16-9-3-6-12-19(16)35-23(24)15-8-2-5-11-18(15)28/h2-3,5-6,8-9,11-12,14H,4,7,10,13H2,1H3,(H2,29,32)(H,30,33). The molecule has 0 bridgehead atoms. The van der Waals surface area contributed by atoms with Crippen molar-refractivity contribution in [3.05, 3.63) is 79.8 Å². The van der Waals surface area contributed by atoms with Crippen LogP contribution in [0.4, 0.5) is 5.00 Å². The van der Waals surface area contributed by atoms with Crippen molar-refractivity contribution >= 4 is 50.7 Å². The quantitative estimate of drug-likeness (QED) is 0.344. The molecule has 184 valence electrons. The van der Waals surface area contributed by atoms with Gasteiger partial charge in [0.1, 0.15) is 10.6 Å². The number of carbonyl (C=O) groups excluding carboxylic acids is 2. The second kappa shape index (κ2) is 9.79. The van der Waals surface area contributed by atoms with E-state index in [1.54, 1.807) is 48.5 Å². The molecule has 5 rings (SSSR count). The van der Waals surface area contributed by atoms with Gasteiger partial charge in [-0.05, 0) is 62.4 Å². The molecule has 0 fully saturated rings. The first-order valence-electron chi connectivity index (χ1n) is 11.6. The minimum absolute atomic E-state index is 0.120. The second-order valence-electron chi connectivity index (χ2n) is 8.59. The van der Waals surface area contributed by atoms with E-state index in [9.17, 15) is 14.4 Å². The van der Waals surface area contributed by atoms with Crippen molar-refractivity contribution in [1.29, 1.82) is 0 Å². The number of nitrogens with two attached hydrogens (primary N) is 1. The number of thiophene rings is 1. The molecule has 7 nitrogen and oxygen atoms in total. The minimum Gasteiger partial charge on any atom is -0.473 e. The molecule has 2 heterocycles. The number of fused-ring (bicyclic) bond motifs is 2. The van der Waals surface area contributed by atoms with Crippen LogP contribution in [0.2, 0.25) is 5.02 Å². The number of hydrogen-bond acceptors (Lipinski definition) is 6. The number of nitrogens with one attached hydrogen (secondary N) is 1. The first-order valence-corrected chi connectivity index (χ1v) is 12.8. The Morgan fingerprint density at radius 1 is 1.11 bits per heavy atom. The number of para-hydroxylation sites is 1. The van der Waals surface area contributed by atoms with Crippen LogP contribution in [-0.2, 0) is 17.6 Å². The number of amides is 2. The highest BCUT2D eigenvalue weighted by Gasteiger charge is 2.28. The molecule has 3 N–H and O–H groups in total. The van der Waals surface area contributed by atoms with E-state index in [1.165, 1.54) is 18.3 Å². The first-order chi connectivity index (χ1) is 17.3. The van der Waals surface area contributed by atoms with Crippen molar-refractivity contribution < 1.29 is 18.7 Å². The van der Waals surface area contributed by atoms with Gasteiger partial charge in [-0.1, -0.05) is 35.9 Å². The Labute approximate surface area is 215 Å². The van der Waals surface area contributed by atoms with Gasteiger partial charge in [0.2, 0.25) is 11.2 Å². The van der Waals surface area contributed by atoms with Gasteiger partial charge in [0.05, 0.1) is 16.0 Å². The van der Waals surface area contributed by atoms with Crippen LogP contribution in [0.1, 0.15) is 40.6 Å². The number of benzene rings is 2. The third-order valence-corrected chi connectivity index (χ3v) is 7.73. The summed E-state index contributed by atoms with van der Waals surface area (Å²) in [5, 5.41) is 3.89. The first kappa shape index (κ1) is 24.1. The van der Waals surface area contributed by atoms with Crippen molar-refractivity contribution in [2.24, 2.45) is 5.73 Å². The van der Waals surface area contributed by atoms with Gasteiger partial charge >= 0.3 is 0 Å². The van der Waals surface area contributed by atoms with Gasteiger partial charge in [0.15, 0.2) is 11.9 Å². The lowest BCUT2D eigenvalue weighted by molar-refractivity contribution is -0.122. The maximum absolute atomic E-state index is 13.4. The van der Waals surface area contributed by atoms with Crippen LogP contribution >= 0.6 is 22.9 Å². The zero-order valence-electron chi connectivity index (χ0n) is 19.4. The summed E-state index contributed by atoms with van der Waals surface area (Å²) in [5.74, 6) is -1.08. The summed E-state index contributed by atoms with van der Waals surface area (Å²) >= 11 is 7.76. The Balaban J connectivity index is 1.51. The van der Waals surface area contributed by atoms with Crippen molar-refractivity contribution in [2.75, 3.05) is 5.32 Å². The maximum Gasteiger partial charge on any atom is 0.265 e. The Morgan fingerprint density at radius 3 is 2.61 bits per heavy atom. The van der Waals surface area contributed by atoms with Gasteiger partial charge in [0.25, 0.3) is 11.8 Å². The molecule has 1 aliphatic carbocycles. The van der Waals surface area contributed by atoms with E-state index in [0.29, 0.717) is 32.1 Å². The molecule has 0 spiro atoms. The highest BCUT2D eigenvalue weighted by Crippen LogP contribution is 2.39. The zero-order valence-corrected chi connectivity index (χ0v) is 21.0. The lowest BCUT2D eigenvalue weighted by atomic mass is 9.95. The molecule has 0 aliphatic heterocycles. The fourth-order valence-corrected chi connectivity index (χ4v) is 5.93. The molecular formula is C27H23ClN2O5S. The fraction of sp³-hybridized carbons (Fsp3) is 0.222. The molecule has 2 aromatic heterocycles. The molecule has 9 heteroatoms. The third kappa shape index (κ3) is 4.38. The van der Waals surface area contributed by atoms with E-state index in [0.717, 1.165) is 36.1 Å². The van der Waals surface area contributed by atoms with Crippen LogP contribution in [0.25, 0.3) is 22.3 Å². The number of carbonyl (C=O) groups is 2. The van der Waals surface area contributed by atoms with Crippen LogP contribution in [-0.4, -0.2) is 17.9 Å². The Bertz CT molecular complexity index is 1560. The summed E-state index contributed by atoms with van der Waals surface area (Å²) in [4.78, 5) is 39.8. The Morgan fingerprint density at radius 2 is 1.83 bits per heavy atom. The summed E-state index contributed by atoms with van der Waals surface area (Å²) in [6.45, 7) is 1.53. The second-order valence-corrected chi connectivity index (χ2v) is 10.1. The topological polar surface area (TPSA) is 112 Å². The molecular weight excluding hydrogens is 500 g/mol. The average molecular weight is 523 g/mol. The smallest absolute Gasteiger partial charge is 0.265 e.